The minimum absolute atomic E-state index is 0.324. The maximum Gasteiger partial charge on any atom is 0.120 e. The Morgan fingerprint density at radius 3 is 2.19 bits per heavy atom. The largest absolute Gasteiger partial charge is 0.490 e. The van der Waals surface area contributed by atoms with Gasteiger partial charge in [0.05, 0.1) is 6.10 Å². The monoisotopic (exact) mass is 284 g/mol. The summed E-state index contributed by atoms with van der Waals surface area (Å²) in [5, 5.41) is 0. The van der Waals surface area contributed by atoms with Gasteiger partial charge in [-0.15, -0.1) is 0 Å². The molecule has 0 unspecified atom stereocenters. The van der Waals surface area contributed by atoms with Crippen LogP contribution in [0.3, 0.4) is 0 Å². The first-order valence-electron chi connectivity index (χ1n) is 5.56. The predicted molar refractivity (Wildman–Crippen MR) is 68.1 cm³/mol. The van der Waals surface area contributed by atoms with E-state index in [1.54, 1.807) is 7.11 Å². The number of rotatable bonds is 3. The highest BCUT2D eigenvalue weighted by Crippen LogP contribution is 2.31. The van der Waals surface area contributed by atoms with Gasteiger partial charge in [0, 0.05) is 24.4 Å². The van der Waals surface area contributed by atoms with Gasteiger partial charge in [0.2, 0.25) is 0 Å². The summed E-state index contributed by atoms with van der Waals surface area (Å²) in [5.74, 6) is 0.970. The molecule has 2 rings (SSSR count). The van der Waals surface area contributed by atoms with Crippen LogP contribution < -0.4 is 4.74 Å². The van der Waals surface area contributed by atoms with Gasteiger partial charge in [-0.1, -0.05) is 15.9 Å². The molecule has 16 heavy (non-hydrogen) atoms. The van der Waals surface area contributed by atoms with Crippen LogP contribution in [0.5, 0.6) is 5.75 Å². The Labute approximate surface area is 105 Å². The van der Waals surface area contributed by atoms with Crippen molar-refractivity contribution in [2.24, 2.45) is 0 Å². The third-order valence-electron chi connectivity index (χ3n) is 3.10. The van der Waals surface area contributed by atoms with Crippen LogP contribution in [-0.4, -0.2) is 19.3 Å². The van der Waals surface area contributed by atoms with Crippen LogP contribution >= 0.6 is 15.9 Å². The first-order chi connectivity index (χ1) is 7.60. The second kappa shape index (κ2) is 4.76. The van der Waals surface area contributed by atoms with Gasteiger partial charge in [-0.05, 0) is 37.1 Å². The highest BCUT2D eigenvalue weighted by molar-refractivity contribution is 9.10. The fraction of sp³-hybridized carbons (Fsp3) is 0.538. The van der Waals surface area contributed by atoms with Gasteiger partial charge in [-0.3, -0.25) is 0 Å². The number of hydrogen-bond donors (Lipinski definition) is 0. The molecule has 0 amide bonds. The Morgan fingerprint density at radius 2 is 1.69 bits per heavy atom. The van der Waals surface area contributed by atoms with Crippen molar-refractivity contribution in [2.45, 2.75) is 38.9 Å². The Hall–Kier alpha value is -0.540. The van der Waals surface area contributed by atoms with Crippen LogP contribution in [0.2, 0.25) is 0 Å². The van der Waals surface area contributed by atoms with Crippen LogP contribution in [0.4, 0.5) is 0 Å². The lowest BCUT2D eigenvalue weighted by Gasteiger charge is -2.34. The Bertz CT molecular complexity index is 361. The van der Waals surface area contributed by atoms with E-state index in [0.717, 1.165) is 18.6 Å². The lowest BCUT2D eigenvalue weighted by atomic mass is 9.92. The van der Waals surface area contributed by atoms with Gasteiger partial charge in [0.1, 0.15) is 11.9 Å². The number of ether oxygens (including phenoxy) is 2. The molecule has 2 nitrogen and oxygen atoms in total. The van der Waals surface area contributed by atoms with Crippen LogP contribution in [0, 0.1) is 13.8 Å². The Morgan fingerprint density at radius 1 is 1.12 bits per heavy atom. The second-order valence-corrected chi connectivity index (χ2v) is 5.23. The van der Waals surface area contributed by atoms with Crippen molar-refractivity contribution < 1.29 is 9.47 Å². The molecule has 0 heterocycles. The van der Waals surface area contributed by atoms with Gasteiger partial charge in [-0.25, -0.2) is 0 Å². The fourth-order valence-corrected chi connectivity index (χ4v) is 2.20. The summed E-state index contributed by atoms with van der Waals surface area (Å²) < 4.78 is 12.3. The smallest absolute Gasteiger partial charge is 0.120 e. The van der Waals surface area contributed by atoms with Crippen LogP contribution in [0.1, 0.15) is 24.0 Å². The zero-order valence-electron chi connectivity index (χ0n) is 9.92. The molecule has 1 aromatic rings. The first-order valence-corrected chi connectivity index (χ1v) is 6.35. The SMILES string of the molecule is CO[C@H]1C[C@@H](Oc2cc(C)c(Br)c(C)c2)C1. The van der Waals surface area contributed by atoms with Crippen LogP contribution in [0.25, 0.3) is 0 Å². The summed E-state index contributed by atoms with van der Waals surface area (Å²) in [6, 6.07) is 4.16. The fourth-order valence-electron chi connectivity index (χ4n) is 1.97. The van der Waals surface area contributed by atoms with E-state index in [9.17, 15) is 0 Å². The minimum atomic E-state index is 0.324. The van der Waals surface area contributed by atoms with Crippen molar-refractivity contribution in [1.29, 1.82) is 0 Å². The van der Waals surface area contributed by atoms with Gasteiger partial charge in [0.15, 0.2) is 0 Å². The van der Waals surface area contributed by atoms with Crippen molar-refractivity contribution in [3.63, 3.8) is 0 Å². The van der Waals surface area contributed by atoms with E-state index in [-0.39, 0.29) is 0 Å². The van der Waals surface area contributed by atoms with Crippen LogP contribution in [0.15, 0.2) is 16.6 Å². The third-order valence-corrected chi connectivity index (χ3v) is 4.35. The molecule has 1 saturated carbocycles. The number of halogens is 1. The molecule has 1 aliphatic rings. The zero-order chi connectivity index (χ0) is 11.7. The molecule has 0 radical (unpaired) electrons. The summed E-state index contributed by atoms with van der Waals surface area (Å²) in [6.07, 6.45) is 2.72. The van der Waals surface area contributed by atoms with Crippen LogP contribution in [-0.2, 0) is 4.74 Å². The van der Waals surface area contributed by atoms with Gasteiger partial charge in [-0.2, -0.15) is 0 Å². The molecule has 0 atom stereocenters. The van der Waals surface area contributed by atoms with Gasteiger partial charge < -0.3 is 9.47 Å². The quantitative estimate of drug-likeness (QED) is 0.844. The van der Waals surface area contributed by atoms with E-state index in [1.165, 1.54) is 15.6 Å². The summed E-state index contributed by atoms with van der Waals surface area (Å²) in [5.41, 5.74) is 2.44. The average Bonchev–Trinajstić information content (AvgIpc) is 2.19. The van der Waals surface area contributed by atoms with Crippen molar-refractivity contribution in [3.05, 3.63) is 27.7 Å². The zero-order valence-corrected chi connectivity index (χ0v) is 11.5. The summed E-state index contributed by atoms with van der Waals surface area (Å²) in [4.78, 5) is 0. The summed E-state index contributed by atoms with van der Waals surface area (Å²) in [6.45, 7) is 4.17. The molecule has 0 saturated heterocycles. The number of methoxy groups -OCH3 is 1. The standard InChI is InChI=1S/C13H17BrO2/c1-8-4-11(5-9(2)13(8)14)16-12-6-10(7-12)15-3/h4-5,10,12H,6-7H2,1-3H3/t10-,12+. The summed E-state index contributed by atoms with van der Waals surface area (Å²) >= 11 is 3.56. The predicted octanol–water partition coefficient (Wildman–Crippen LogP) is 3.62. The molecular formula is C13H17BrO2. The minimum Gasteiger partial charge on any atom is -0.490 e. The molecule has 1 fully saturated rings. The molecule has 0 aromatic heterocycles. The van der Waals surface area contributed by atoms with E-state index in [4.69, 9.17) is 9.47 Å². The van der Waals surface area contributed by atoms with Crippen molar-refractivity contribution >= 4 is 15.9 Å². The number of aryl methyl sites for hydroxylation is 2. The number of benzene rings is 1. The van der Waals surface area contributed by atoms with E-state index >= 15 is 0 Å². The molecule has 1 aromatic carbocycles. The Kier molecular flexibility index (Phi) is 3.55. The third kappa shape index (κ3) is 2.41. The van der Waals surface area contributed by atoms with Gasteiger partial charge >= 0.3 is 0 Å². The molecule has 1 aliphatic carbocycles. The van der Waals surface area contributed by atoms with Crippen molar-refractivity contribution in [1.82, 2.24) is 0 Å². The highest BCUT2D eigenvalue weighted by Gasteiger charge is 2.30. The normalized spacial score (nSPS) is 24.0. The molecule has 0 aliphatic heterocycles. The maximum atomic E-state index is 5.90. The van der Waals surface area contributed by atoms with Crippen molar-refractivity contribution in [3.8, 4) is 5.75 Å². The lowest BCUT2D eigenvalue weighted by molar-refractivity contribution is -0.0381. The topological polar surface area (TPSA) is 18.5 Å². The lowest BCUT2D eigenvalue weighted by Crippen LogP contribution is -2.38. The van der Waals surface area contributed by atoms with Gasteiger partial charge in [0.25, 0.3) is 0 Å². The molecule has 0 bridgehead atoms. The molecule has 88 valence electrons. The Balaban J connectivity index is 2.01. The number of hydrogen-bond acceptors (Lipinski definition) is 2. The molecule has 0 N–H and O–H groups in total. The van der Waals surface area contributed by atoms with E-state index < -0.39 is 0 Å². The first kappa shape index (κ1) is 11.9. The molecule has 3 heteroatoms. The second-order valence-electron chi connectivity index (χ2n) is 4.44. The summed E-state index contributed by atoms with van der Waals surface area (Å²) in [7, 11) is 1.76. The van der Waals surface area contributed by atoms with E-state index in [2.05, 4.69) is 41.9 Å². The van der Waals surface area contributed by atoms with Crippen molar-refractivity contribution in [2.75, 3.05) is 7.11 Å². The van der Waals surface area contributed by atoms with E-state index in [0.29, 0.717) is 12.2 Å². The molecular weight excluding hydrogens is 268 g/mol. The average molecular weight is 285 g/mol. The highest BCUT2D eigenvalue weighted by atomic mass is 79.9. The van der Waals surface area contributed by atoms with E-state index in [1.807, 2.05) is 0 Å². The molecule has 0 spiro atoms. The maximum absolute atomic E-state index is 5.90.